The lowest BCUT2D eigenvalue weighted by Gasteiger charge is -2.44. The first-order valence-electron chi connectivity index (χ1n) is 19.1. The summed E-state index contributed by atoms with van der Waals surface area (Å²) in [5, 5.41) is 0. The monoisotopic (exact) mass is 664 g/mol. The van der Waals surface area contributed by atoms with E-state index in [9.17, 15) is 0 Å². The van der Waals surface area contributed by atoms with Crippen LogP contribution in [-0.4, -0.2) is 6.71 Å². The van der Waals surface area contributed by atoms with Crippen molar-refractivity contribution in [2.45, 2.75) is 31.1 Å². The number of hydrogen-bond acceptors (Lipinski definition) is 2. The summed E-state index contributed by atoms with van der Waals surface area (Å²) in [5.74, 6) is 1.44. The molecular formula is C49H37BN2. The maximum absolute atomic E-state index is 2.72. The SMILES string of the molecule is c1ccc(-c2cccc(N3c4cc5c(cc4B4c6ccccc6N(c6ccccc6)c6cccc3c64)C3(c4ccccc4-5)C4CCC3CC4)c2)cc1. The molecule has 5 aliphatic rings. The van der Waals surface area contributed by atoms with E-state index in [0.29, 0.717) is 0 Å². The summed E-state index contributed by atoms with van der Waals surface area (Å²) in [7, 11) is 0. The zero-order valence-electron chi connectivity index (χ0n) is 29.0. The summed E-state index contributed by atoms with van der Waals surface area (Å²) in [6.07, 6.45) is 5.39. The Bertz CT molecular complexity index is 2560. The normalized spacial score (nSPS) is 21.1. The van der Waals surface area contributed by atoms with Gasteiger partial charge in [0.2, 0.25) is 0 Å². The number of nitrogens with zero attached hydrogens (tertiary/aromatic N) is 2. The molecule has 1 spiro atoms. The van der Waals surface area contributed by atoms with E-state index < -0.39 is 0 Å². The van der Waals surface area contributed by atoms with E-state index in [-0.39, 0.29) is 12.1 Å². The maximum Gasteiger partial charge on any atom is 0.252 e. The van der Waals surface area contributed by atoms with Crippen LogP contribution in [0.1, 0.15) is 36.8 Å². The Balaban J connectivity index is 1.18. The molecule has 2 saturated carbocycles. The summed E-state index contributed by atoms with van der Waals surface area (Å²) >= 11 is 0. The lowest BCUT2D eigenvalue weighted by Crippen LogP contribution is -2.61. The Labute approximate surface area is 306 Å². The van der Waals surface area contributed by atoms with Crippen LogP contribution < -0.4 is 26.2 Å². The number of rotatable bonds is 3. The van der Waals surface area contributed by atoms with Crippen molar-refractivity contribution >= 4 is 57.2 Å². The van der Waals surface area contributed by atoms with E-state index in [1.807, 2.05) is 0 Å². The van der Waals surface area contributed by atoms with Gasteiger partial charge < -0.3 is 9.80 Å². The number of hydrogen-bond donors (Lipinski definition) is 0. The molecular weight excluding hydrogens is 627 g/mol. The Morgan fingerprint density at radius 2 is 1.02 bits per heavy atom. The molecule has 2 heterocycles. The highest BCUT2D eigenvalue weighted by molar-refractivity contribution is 7.00. The minimum absolute atomic E-state index is 0.121. The zero-order valence-corrected chi connectivity index (χ0v) is 29.0. The lowest BCUT2D eigenvalue weighted by atomic mass is 9.33. The van der Waals surface area contributed by atoms with Crippen molar-refractivity contribution in [3.63, 3.8) is 0 Å². The fourth-order valence-corrected chi connectivity index (χ4v) is 11.5. The summed E-state index contributed by atoms with van der Waals surface area (Å²) in [4.78, 5) is 5.08. The number of fused-ring (bicyclic) bond motifs is 7. The van der Waals surface area contributed by atoms with Crippen LogP contribution >= 0.6 is 0 Å². The Morgan fingerprint density at radius 3 is 1.81 bits per heavy atom. The molecule has 52 heavy (non-hydrogen) atoms. The Kier molecular flexibility index (Phi) is 5.89. The molecule has 7 aromatic rings. The molecule has 12 rings (SSSR count). The molecule has 2 nitrogen and oxygen atoms in total. The summed E-state index contributed by atoms with van der Waals surface area (Å²) in [6, 6.07) is 61.8. The predicted octanol–water partition coefficient (Wildman–Crippen LogP) is 10.5. The van der Waals surface area contributed by atoms with Crippen molar-refractivity contribution in [3.05, 3.63) is 175 Å². The van der Waals surface area contributed by atoms with E-state index >= 15 is 0 Å². The van der Waals surface area contributed by atoms with Crippen molar-refractivity contribution in [3.8, 4) is 22.3 Å². The molecule has 0 unspecified atom stereocenters. The molecule has 7 aromatic carbocycles. The average Bonchev–Trinajstić information content (AvgIpc) is 3.86. The van der Waals surface area contributed by atoms with Gasteiger partial charge in [-0.25, -0.2) is 0 Å². The third kappa shape index (κ3) is 3.66. The van der Waals surface area contributed by atoms with E-state index in [1.54, 1.807) is 11.1 Å². The first-order valence-corrected chi connectivity index (χ1v) is 19.1. The highest BCUT2D eigenvalue weighted by Crippen LogP contribution is 2.68. The van der Waals surface area contributed by atoms with Crippen LogP contribution in [0.2, 0.25) is 0 Å². The second-order valence-electron chi connectivity index (χ2n) is 15.5. The smallest absolute Gasteiger partial charge is 0.252 e. The Hall–Kier alpha value is -5.80. The highest BCUT2D eigenvalue weighted by Gasteiger charge is 2.60. The van der Waals surface area contributed by atoms with E-state index in [2.05, 4.69) is 174 Å². The fraction of sp³-hybridized carbons (Fsp3) is 0.143. The van der Waals surface area contributed by atoms with Gasteiger partial charge in [0.25, 0.3) is 6.71 Å². The number of anilines is 6. The lowest BCUT2D eigenvalue weighted by molar-refractivity contribution is 0.400. The van der Waals surface area contributed by atoms with Gasteiger partial charge >= 0.3 is 0 Å². The maximum atomic E-state index is 2.72. The standard InChI is InChI=1S/C49H37BN2/c1-3-13-32(14-4-1)33-15-11-18-37(29-33)52-46-24-12-23-45-48(46)50(42-21-9-10-22-44(42)51(45)36-16-5-2-6-17-36)43-31-41-39(30-47(43)52)38-19-7-8-20-40(38)49(41)34-25-26-35(49)28-27-34/h1-24,29-31,34-35H,25-28H2. The quantitative estimate of drug-likeness (QED) is 0.174. The van der Waals surface area contributed by atoms with Crippen molar-refractivity contribution in [1.82, 2.24) is 0 Å². The molecule has 0 aromatic heterocycles. The van der Waals surface area contributed by atoms with Gasteiger partial charge in [-0.15, -0.1) is 0 Å². The molecule has 0 atom stereocenters. The number of para-hydroxylation sites is 2. The molecule has 2 fully saturated rings. The van der Waals surface area contributed by atoms with Gasteiger partial charge in [0.05, 0.1) is 0 Å². The summed E-state index contributed by atoms with van der Waals surface area (Å²) in [5.41, 5.74) is 20.4. The summed E-state index contributed by atoms with van der Waals surface area (Å²) < 4.78 is 0. The molecule has 3 aliphatic carbocycles. The minimum Gasteiger partial charge on any atom is -0.311 e. The molecule has 2 bridgehead atoms. The second-order valence-corrected chi connectivity index (χ2v) is 15.5. The second kappa shape index (κ2) is 10.6. The zero-order chi connectivity index (χ0) is 34.0. The molecule has 3 heteroatoms. The van der Waals surface area contributed by atoms with Crippen LogP contribution in [0.15, 0.2) is 164 Å². The van der Waals surface area contributed by atoms with E-state index in [1.165, 1.54) is 98.4 Å². The fourth-order valence-electron chi connectivity index (χ4n) is 11.5. The average molecular weight is 665 g/mol. The van der Waals surface area contributed by atoms with Crippen LogP contribution in [0.4, 0.5) is 34.1 Å². The van der Waals surface area contributed by atoms with Crippen LogP contribution in [-0.2, 0) is 5.41 Å². The van der Waals surface area contributed by atoms with E-state index in [4.69, 9.17) is 0 Å². The predicted molar refractivity (Wildman–Crippen MR) is 218 cm³/mol. The van der Waals surface area contributed by atoms with Gasteiger partial charge in [0, 0.05) is 39.5 Å². The molecule has 0 saturated heterocycles. The first kappa shape index (κ1) is 28.9. The van der Waals surface area contributed by atoms with Crippen LogP contribution in [0.5, 0.6) is 0 Å². The Morgan fingerprint density at radius 1 is 0.423 bits per heavy atom. The largest absolute Gasteiger partial charge is 0.311 e. The van der Waals surface area contributed by atoms with Gasteiger partial charge in [-0.3, -0.25) is 0 Å². The van der Waals surface area contributed by atoms with Crippen LogP contribution in [0, 0.1) is 11.8 Å². The van der Waals surface area contributed by atoms with Gasteiger partial charge in [0.1, 0.15) is 0 Å². The van der Waals surface area contributed by atoms with Crippen LogP contribution in [0.25, 0.3) is 22.3 Å². The topological polar surface area (TPSA) is 6.48 Å². The van der Waals surface area contributed by atoms with E-state index in [0.717, 1.165) is 11.8 Å². The highest BCUT2D eigenvalue weighted by atomic mass is 15.2. The molecule has 0 N–H and O–H groups in total. The third-order valence-electron chi connectivity index (χ3n) is 13.4. The van der Waals surface area contributed by atoms with Crippen molar-refractivity contribution in [1.29, 1.82) is 0 Å². The molecule has 2 aliphatic heterocycles. The molecule has 246 valence electrons. The minimum atomic E-state index is 0.121. The number of benzene rings is 7. The van der Waals surface area contributed by atoms with Crippen LogP contribution in [0.3, 0.4) is 0 Å². The van der Waals surface area contributed by atoms with Crippen molar-refractivity contribution in [2.24, 2.45) is 11.8 Å². The van der Waals surface area contributed by atoms with Crippen molar-refractivity contribution in [2.75, 3.05) is 9.80 Å². The first-order chi connectivity index (χ1) is 25.8. The van der Waals surface area contributed by atoms with Gasteiger partial charge in [-0.1, -0.05) is 115 Å². The van der Waals surface area contributed by atoms with Gasteiger partial charge in [-0.2, -0.15) is 0 Å². The summed E-state index contributed by atoms with van der Waals surface area (Å²) in [6.45, 7) is 0.121. The van der Waals surface area contributed by atoms with Gasteiger partial charge in [0.15, 0.2) is 0 Å². The third-order valence-corrected chi connectivity index (χ3v) is 13.4. The van der Waals surface area contributed by atoms with Crippen molar-refractivity contribution < 1.29 is 0 Å². The van der Waals surface area contributed by atoms with Gasteiger partial charge in [-0.05, 0) is 136 Å². The molecule has 0 radical (unpaired) electrons. The molecule has 0 amide bonds.